The molecule has 20 heavy (non-hydrogen) atoms. The number of hydrogen-bond donors (Lipinski definition) is 1. The van der Waals surface area contributed by atoms with Gasteiger partial charge in [-0.05, 0) is 31.0 Å². The molecule has 1 heterocycles. The second-order valence-electron chi connectivity index (χ2n) is 4.72. The maximum Gasteiger partial charge on any atom is 0.301 e. The molecule has 1 aliphatic heterocycles. The van der Waals surface area contributed by atoms with Crippen LogP contribution in [0.15, 0.2) is 22.7 Å². The fraction of sp³-hybridized carbons (Fsp3) is 0.462. The highest BCUT2D eigenvalue weighted by atomic mass is 79.9. The van der Waals surface area contributed by atoms with Crippen molar-refractivity contribution in [2.24, 2.45) is 0 Å². The van der Waals surface area contributed by atoms with Crippen molar-refractivity contribution in [1.82, 2.24) is 4.31 Å². The Bertz CT molecular complexity index is 617. The van der Waals surface area contributed by atoms with Crippen LogP contribution in [0.4, 0.5) is 5.69 Å². The summed E-state index contributed by atoms with van der Waals surface area (Å²) in [6, 6.07) is 6.90. The molecule has 0 spiro atoms. The van der Waals surface area contributed by atoms with Gasteiger partial charge < -0.3 is 0 Å². The van der Waals surface area contributed by atoms with Gasteiger partial charge in [-0.25, -0.2) is 0 Å². The van der Waals surface area contributed by atoms with E-state index in [0.29, 0.717) is 24.3 Å². The molecule has 7 heteroatoms. The lowest BCUT2D eigenvalue weighted by molar-refractivity contribution is 0.427. The molecule has 0 radical (unpaired) electrons. The maximum absolute atomic E-state index is 12.4. The second-order valence-corrected chi connectivity index (χ2v) is 7.31. The summed E-state index contributed by atoms with van der Waals surface area (Å²) in [5.41, 5.74) is 0.623. The van der Waals surface area contributed by atoms with E-state index in [1.807, 2.05) is 6.07 Å². The first-order valence-corrected chi connectivity index (χ1v) is 8.74. The number of halogens is 1. The van der Waals surface area contributed by atoms with Crippen LogP contribution in [0.5, 0.6) is 0 Å². The Balaban J connectivity index is 2.21. The van der Waals surface area contributed by atoms with Crippen LogP contribution in [0.3, 0.4) is 0 Å². The first-order valence-electron chi connectivity index (χ1n) is 6.50. The van der Waals surface area contributed by atoms with Gasteiger partial charge in [-0.3, -0.25) is 4.72 Å². The third-order valence-corrected chi connectivity index (χ3v) is 5.26. The molecule has 0 atom stereocenters. The van der Waals surface area contributed by atoms with E-state index in [0.717, 1.165) is 30.2 Å². The molecule has 0 amide bonds. The predicted molar refractivity (Wildman–Crippen MR) is 81.4 cm³/mol. The van der Waals surface area contributed by atoms with Crippen molar-refractivity contribution in [2.75, 3.05) is 17.8 Å². The summed E-state index contributed by atoms with van der Waals surface area (Å²) >= 11 is 3.26. The second kappa shape index (κ2) is 6.57. The van der Waals surface area contributed by atoms with E-state index in [-0.39, 0.29) is 0 Å². The lowest BCUT2D eigenvalue weighted by atomic mass is 10.2. The standard InChI is InChI=1S/C13H16BrN3O2S/c14-12-5-6-13(11(9-12)10-15)16-20(18,19)17-7-3-1-2-4-8-17/h5-6,9,16H,1-4,7-8H2. The summed E-state index contributed by atoms with van der Waals surface area (Å²) in [4.78, 5) is 0. The van der Waals surface area contributed by atoms with Gasteiger partial charge in [0.25, 0.3) is 0 Å². The van der Waals surface area contributed by atoms with Crippen molar-refractivity contribution in [3.8, 4) is 6.07 Å². The van der Waals surface area contributed by atoms with Crippen molar-refractivity contribution >= 4 is 31.8 Å². The summed E-state index contributed by atoms with van der Waals surface area (Å²) in [7, 11) is -3.59. The monoisotopic (exact) mass is 357 g/mol. The fourth-order valence-corrected chi connectivity index (χ4v) is 3.87. The largest absolute Gasteiger partial charge is 0.301 e. The van der Waals surface area contributed by atoms with Gasteiger partial charge in [0.05, 0.1) is 11.3 Å². The highest BCUT2D eigenvalue weighted by Gasteiger charge is 2.23. The number of nitrogens with zero attached hydrogens (tertiary/aromatic N) is 2. The van der Waals surface area contributed by atoms with E-state index < -0.39 is 10.2 Å². The number of anilines is 1. The Labute approximate surface area is 127 Å². The number of hydrogen-bond acceptors (Lipinski definition) is 3. The van der Waals surface area contributed by atoms with Crippen LogP contribution in [-0.2, 0) is 10.2 Å². The predicted octanol–water partition coefficient (Wildman–Crippen LogP) is 2.85. The van der Waals surface area contributed by atoms with Gasteiger partial charge in [0.2, 0.25) is 0 Å². The van der Waals surface area contributed by atoms with Crippen LogP contribution < -0.4 is 4.72 Å². The van der Waals surface area contributed by atoms with Crippen molar-refractivity contribution in [3.63, 3.8) is 0 Å². The molecular weight excluding hydrogens is 342 g/mol. The molecule has 1 saturated heterocycles. The molecule has 0 aromatic heterocycles. The minimum absolute atomic E-state index is 0.303. The molecule has 0 saturated carbocycles. The average molecular weight is 358 g/mol. The van der Waals surface area contributed by atoms with E-state index >= 15 is 0 Å². The third-order valence-electron chi connectivity index (χ3n) is 3.25. The normalized spacial score (nSPS) is 17.2. The quantitative estimate of drug-likeness (QED) is 0.903. The Morgan fingerprint density at radius 3 is 2.45 bits per heavy atom. The highest BCUT2D eigenvalue weighted by Crippen LogP contribution is 2.23. The van der Waals surface area contributed by atoms with Crippen LogP contribution in [0.25, 0.3) is 0 Å². The van der Waals surface area contributed by atoms with Crippen LogP contribution >= 0.6 is 15.9 Å². The summed E-state index contributed by atoms with van der Waals surface area (Å²) in [5, 5.41) is 9.08. The molecule has 2 rings (SSSR count). The molecule has 1 aromatic rings. The molecule has 0 unspecified atom stereocenters. The Morgan fingerprint density at radius 2 is 1.85 bits per heavy atom. The molecule has 0 bridgehead atoms. The zero-order chi connectivity index (χ0) is 14.6. The topological polar surface area (TPSA) is 73.2 Å². The Kier molecular flexibility index (Phi) is 5.02. The minimum Gasteiger partial charge on any atom is -0.270 e. The average Bonchev–Trinajstić information content (AvgIpc) is 2.70. The van der Waals surface area contributed by atoms with Crippen molar-refractivity contribution in [1.29, 1.82) is 5.26 Å². The molecular formula is C13H16BrN3O2S. The van der Waals surface area contributed by atoms with Crippen LogP contribution in [0.1, 0.15) is 31.2 Å². The molecule has 1 fully saturated rings. The zero-order valence-electron chi connectivity index (χ0n) is 11.0. The van der Waals surface area contributed by atoms with E-state index in [9.17, 15) is 8.42 Å². The maximum atomic E-state index is 12.4. The summed E-state index contributed by atoms with van der Waals surface area (Å²) < 4.78 is 29.4. The van der Waals surface area contributed by atoms with E-state index in [4.69, 9.17) is 5.26 Å². The van der Waals surface area contributed by atoms with Gasteiger partial charge >= 0.3 is 10.2 Å². The van der Waals surface area contributed by atoms with Gasteiger partial charge in [-0.1, -0.05) is 28.8 Å². The number of nitrogens with one attached hydrogen (secondary N) is 1. The van der Waals surface area contributed by atoms with E-state index in [2.05, 4.69) is 20.7 Å². The molecule has 1 N–H and O–H groups in total. The lowest BCUT2D eigenvalue weighted by Crippen LogP contribution is -2.36. The molecule has 5 nitrogen and oxygen atoms in total. The van der Waals surface area contributed by atoms with Gasteiger partial charge in [-0.15, -0.1) is 0 Å². The number of benzene rings is 1. The molecule has 1 aliphatic rings. The molecule has 0 aliphatic carbocycles. The number of nitriles is 1. The summed E-state index contributed by atoms with van der Waals surface area (Å²) in [5.74, 6) is 0. The molecule has 1 aromatic carbocycles. The third kappa shape index (κ3) is 3.72. The summed E-state index contributed by atoms with van der Waals surface area (Å²) in [6.45, 7) is 1.07. The first kappa shape index (κ1) is 15.3. The van der Waals surface area contributed by atoms with Crippen LogP contribution in [-0.4, -0.2) is 25.8 Å². The van der Waals surface area contributed by atoms with Gasteiger partial charge in [0, 0.05) is 17.6 Å². The lowest BCUT2D eigenvalue weighted by Gasteiger charge is -2.21. The molecule has 108 valence electrons. The van der Waals surface area contributed by atoms with Crippen molar-refractivity contribution in [3.05, 3.63) is 28.2 Å². The SMILES string of the molecule is N#Cc1cc(Br)ccc1NS(=O)(=O)N1CCCCCC1. The van der Waals surface area contributed by atoms with E-state index in [1.54, 1.807) is 18.2 Å². The van der Waals surface area contributed by atoms with Gasteiger partial charge in [0.15, 0.2) is 0 Å². The number of rotatable bonds is 3. The zero-order valence-corrected chi connectivity index (χ0v) is 13.4. The Morgan fingerprint density at radius 1 is 1.20 bits per heavy atom. The van der Waals surface area contributed by atoms with Crippen LogP contribution in [0, 0.1) is 11.3 Å². The highest BCUT2D eigenvalue weighted by molar-refractivity contribution is 9.10. The van der Waals surface area contributed by atoms with Gasteiger partial charge in [0.1, 0.15) is 6.07 Å². The summed E-state index contributed by atoms with van der Waals surface area (Å²) in [6.07, 6.45) is 3.89. The first-order chi connectivity index (χ1) is 9.53. The fourth-order valence-electron chi connectivity index (χ4n) is 2.18. The minimum atomic E-state index is -3.59. The van der Waals surface area contributed by atoms with Crippen molar-refractivity contribution in [2.45, 2.75) is 25.7 Å². The van der Waals surface area contributed by atoms with Gasteiger partial charge in [-0.2, -0.15) is 18.0 Å². The van der Waals surface area contributed by atoms with Crippen LogP contribution in [0.2, 0.25) is 0 Å². The van der Waals surface area contributed by atoms with E-state index in [1.165, 1.54) is 4.31 Å². The smallest absolute Gasteiger partial charge is 0.270 e. The van der Waals surface area contributed by atoms with Crippen molar-refractivity contribution < 1.29 is 8.42 Å². The Hall–Kier alpha value is -1.10.